The minimum absolute atomic E-state index is 0.0170. The SMILES string of the molecule is CC(C)C(N)CC(=O)N(CC1CC1)CC1CC1. The highest BCUT2D eigenvalue weighted by molar-refractivity contribution is 5.77. The molecular weight excluding hydrogens is 212 g/mol. The second-order valence-corrected chi connectivity index (χ2v) is 6.30. The van der Waals surface area contributed by atoms with Crippen molar-refractivity contribution in [2.75, 3.05) is 13.1 Å². The zero-order valence-corrected chi connectivity index (χ0v) is 11.2. The highest BCUT2D eigenvalue weighted by atomic mass is 16.2. The molecule has 0 aromatic rings. The average molecular weight is 238 g/mol. The minimum atomic E-state index is 0.0170. The molecule has 2 saturated carbocycles. The quantitative estimate of drug-likeness (QED) is 0.737. The van der Waals surface area contributed by atoms with Gasteiger partial charge in [0.05, 0.1) is 0 Å². The molecule has 3 nitrogen and oxygen atoms in total. The van der Waals surface area contributed by atoms with Crippen molar-refractivity contribution in [1.29, 1.82) is 0 Å². The van der Waals surface area contributed by atoms with Crippen molar-refractivity contribution < 1.29 is 4.79 Å². The van der Waals surface area contributed by atoms with Crippen molar-refractivity contribution in [1.82, 2.24) is 4.90 Å². The van der Waals surface area contributed by atoms with Gasteiger partial charge in [-0.3, -0.25) is 4.79 Å². The van der Waals surface area contributed by atoms with Crippen LogP contribution in [0.1, 0.15) is 46.0 Å². The van der Waals surface area contributed by atoms with Crippen molar-refractivity contribution in [3.05, 3.63) is 0 Å². The molecule has 0 aromatic carbocycles. The fourth-order valence-electron chi connectivity index (χ4n) is 2.07. The maximum absolute atomic E-state index is 12.2. The molecule has 0 radical (unpaired) electrons. The number of nitrogens with two attached hydrogens (primary N) is 1. The van der Waals surface area contributed by atoms with Gasteiger partial charge < -0.3 is 10.6 Å². The lowest BCUT2D eigenvalue weighted by atomic mass is 10.0. The summed E-state index contributed by atoms with van der Waals surface area (Å²) in [6.45, 7) is 6.15. The highest BCUT2D eigenvalue weighted by Gasteiger charge is 2.31. The van der Waals surface area contributed by atoms with Gasteiger partial charge in [-0.2, -0.15) is 0 Å². The molecule has 98 valence electrons. The second kappa shape index (κ2) is 5.38. The first-order valence-electron chi connectivity index (χ1n) is 7.09. The molecule has 0 aromatic heterocycles. The zero-order valence-electron chi connectivity index (χ0n) is 11.2. The summed E-state index contributed by atoms with van der Waals surface area (Å²) in [6.07, 6.45) is 5.77. The van der Waals surface area contributed by atoms with Gasteiger partial charge in [0.15, 0.2) is 0 Å². The summed E-state index contributed by atoms with van der Waals surface area (Å²) in [5, 5.41) is 0. The van der Waals surface area contributed by atoms with Crippen LogP contribution in [0.5, 0.6) is 0 Å². The molecule has 2 aliphatic carbocycles. The molecule has 2 rings (SSSR count). The number of rotatable bonds is 7. The van der Waals surface area contributed by atoms with Crippen molar-refractivity contribution in [3.63, 3.8) is 0 Å². The summed E-state index contributed by atoms with van der Waals surface area (Å²) >= 11 is 0. The molecule has 1 unspecified atom stereocenters. The topological polar surface area (TPSA) is 46.3 Å². The van der Waals surface area contributed by atoms with Crippen molar-refractivity contribution in [3.8, 4) is 0 Å². The maximum atomic E-state index is 12.2. The van der Waals surface area contributed by atoms with Crippen LogP contribution in [0.15, 0.2) is 0 Å². The van der Waals surface area contributed by atoms with Gasteiger partial charge in [-0.1, -0.05) is 13.8 Å². The molecule has 17 heavy (non-hydrogen) atoms. The van der Waals surface area contributed by atoms with E-state index in [9.17, 15) is 4.79 Å². The predicted octanol–water partition coefficient (Wildman–Crippen LogP) is 2.01. The first-order chi connectivity index (χ1) is 8.06. The first-order valence-corrected chi connectivity index (χ1v) is 7.09. The van der Waals surface area contributed by atoms with E-state index >= 15 is 0 Å². The highest BCUT2D eigenvalue weighted by Crippen LogP contribution is 2.34. The molecule has 1 amide bonds. The molecule has 0 bridgehead atoms. The number of carbonyl (C=O) groups is 1. The van der Waals surface area contributed by atoms with Crippen LogP contribution in [-0.2, 0) is 4.79 Å². The number of hydrogen-bond donors (Lipinski definition) is 1. The Labute approximate surface area is 105 Å². The Kier molecular flexibility index (Phi) is 4.08. The van der Waals surface area contributed by atoms with E-state index in [1.807, 2.05) is 0 Å². The maximum Gasteiger partial charge on any atom is 0.224 e. The second-order valence-electron chi connectivity index (χ2n) is 6.30. The smallest absolute Gasteiger partial charge is 0.224 e. The molecule has 0 aliphatic heterocycles. The van der Waals surface area contributed by atoms with Crippen LogP contribution in [0.4, 0.5) is 0 Å². The molecule has 2 fully saturated rings. The molecule has 0 heterocycles. The van der Waals surface area contributed by atoms with E-state index in [2.05, 4.69) is 18.7 Å². The number of amides is 1. The van der Waals surface area contributed by atoms with Gasteiger partial charge in [0.2, 0.25) is 5.91 Å². The van der Waals surface area contributed by atoms with Crippen LogP contribution in [0.3, 0.4) is 0 Å². The summed E-state index contributed by atoms with van der Waals surface area (Å²) in [4.78, 5) is 14.3. The third-order valence-corrected chi connectivity index (χ3v) is 3.97. The van der Waals surface area contributed by atoms with Crippen LogP contribution in [0.2, 0.25) is 0 Å². The van der Waals surface area contributed by atoms with Crippen LogP contribution in [-0.4, -0.2) is 29.9 Å². The summed E-state index contributed by atoms with van der Waals surface area (Å²) in [5.41, 5.74) is 6.00. The number of nitrogens with zero attached hydrogens (tertiary/aromatic N) is 1. The van der Waals surface area contributed by atoms with Crippen LogP contribution >= 0.6 is 0 Å². The molecule has 1 atom stereocenters. The fraction of sp³-hybridized carbons (Fsp3) is 0.929. The van der Waals surface area contributed by atoms with Crippen LogP contribution in [0.25, 0.3) is 0 Å². The standard InChI is InChI=1S/C14H26N2O/c1-10(2)13(15)7-14(17)16(8-11-3-4-11)9-12-5-6-12/h10-13H,3-9,15H2,1-2H3. The van der Waals surface area contributed by atoms with E-state index in [1.54, 1.807) is 0 Å². The minimum Gasteiger partial charge on any atom is -0.342 e. The van der Waals surface area contributed by atoms with E-state index in [0.29, 0.717) is 12.3 Å². The van der Waals surface area contributed by atoms with Crippen molar-refractivity contribution >= 4 is 5.91 Å². The normalized spacial score (nSPS) is 21.6. The molecule has 0 spiro atoms. The van der Waals surface area contributed by atoms with Gasteiger partial charge >= 0.3 is 0 Å². The Morgan fingerprint density at radius 2 is 1.65 bits per heavy atom. The molecule has 2 N–H and O–H groups in total. The first kappa shape index (κ1) is 12.9. The lowest BCUT2D eigenvalue weighted by Gasteiger charge is -2.25. The van der Waals surface area contributed by atoms with Crippen LogP contribution < -0.4 is 5.73 Å². The summed E-state index contributed by atoms with van der Waals surface area (Å²) < 4.78 is 0. The van der Waals surface area contributed by atoms with Crippen molar-refractivity contribution in [2.45, 2.75) is 52.0 Å². The van der Waals surface area contributed by atoms with E-state index in [0.717, 1.165) is 24.9 Å². The summed E-state index contributed by atoms with van der Waals surface area (Å²) in [5.74, 6) is 2.24. The average Bonchev–Trinajstić information content (AvgIpc) is 3.10. The Balaban J connectivity index is 1.81. The van der Waals surface area contributed by atoms with E-state index < -0.39 is 0 Å². The third-order valence-electron chi connectivity index (χ3n) is 3.97. The summed E-state index contributed by atoms with van der Waals surface area (Å²) in [7, 11) is 0. The Hall–Kier alpha value is -0.570. The zero-order chi connectivity index (χ0) is 12.4. The van der Waals surface area contributed by atoms with Gasteiger partial charge in [0, 0.05) is 25.6 Å². The number of carbonyl (C=O) groups excluding carboxylic acids is 1. The van der Waals surface area contributed by atoms with E-state index in [1.165, 1.54) is 25.7 Å². The summed E-state index contributed by atoms with van der Waals surface area (Å²) in [6, 6.07) is 0.0170. The largest absolute Gasteiger partial charge is 0.342 e. The molecule has 3 heteroatoms. The van der Waals surface area contributed by atoms with Gasteiger partial charge in [0.1, 0.15) is 0 Å². The monoisotopic (exact) mass is 238 g/mol. The van der Waals surface area contributed by atoms with E-state index in [-0.39, 0.29) is 11.9 Å². The van der Waals surface area contributed by atoms with Gasteiger partial charge in [-0.25, -0.2) is 0 Å². The number of hydrogen-bond acceptors (Lipinski definition) is 2. The Bertz CT molecular complexity index is 255. The third kappa shape index (κ3) is 4.30. The molecule has 0 saturated heterocycles. The Morgan fingerprint density at radius 3 is 2.00 bits per heavy atom. The fourth-order valence-corrected chi connectivity index (χ4v) is 2.07. The molecule has 2 aliphatic rings. The molecular formula is C14H26N2O. The van der Waals surface area contributed by atoms with E-state index in [4.69, 9.17) is 5.73 Å². The van der Waals surface area contributed by atoms with Gasteiger partial charge in [-0.05, 0) is 43.4 Å². The lowest BCUT2D eigenvalue weighted by Crippen LogP contribution is -2.40. The lowest BCUT2D eigenvalue weighted by molar-refractivity contribution is -0.132. The Morgan fingerprint density at radius 1 is 1.18 bits per heavy atom. The van der Waals surface area contributed by atoms with Gasteiger partial charge in [-0.15, -0.1) is 0 Å². The van der Waals surface area contributed by atoms with Gasteiger partial charge in [0.25, 0.3) is 0 Å². The van der Waals surface area contributed by atoms with Crippen LogP contribution in [0, 0.1) is 17.8 Å². The van der Waals surface area contributed by atoms with Crippen molar-refractivity contribution in [2.24, 2.45) is 23.5 Å². The predicted molar refractivity (Wildman–Crippen MR) is 69.5 cm³/mol.